The number of nitrogen functional groups attached to an aromatic ring is 1. The number of rotatable bonds is 5. The van der Waals surface area contributed by atoms with E-state index < -0.39 is 0 Å². The molecule has 3 aromatic carbocycles. The van der Waals surface area contributed by atoms with Crippen LogP contribution in [0.5, 0.6) is 0 Å². The highest BCUT2D eigenvalue weighted by Crippen LogP contribution is 2.34. The van der Waals surface area contributed by atoms with Gasteiger partial charge in [0.2, 0.25) is 5.91 Å². The number of anilines is 2. The van der Waals surface area contributed by atoms with Crippen molar-refractivity contribution in [2.45, 2.75) is 19.3 Å². The summed E-state index contributed by atoms with van der Waals surface area (Å²) in [6, 6.07) is 23.1. The van der Waals surface area contributed by atoms with Gasteiger partial charge in [-0.15, -0.1) is 0 Å². The zero-order valence-electron chi connectivity index (χ0n) is 18.5. The zero-order valence-corrected chi connectivity index (χ0v) is 19.2. The standard InChI is InChI=1S/C28H23ClN4O/c29-21-10-6-19(7-11-21)16-26(34)33-28-25(14-8-18-4-2-1-3-5-18)31-27-23-13-12-22(30)17-20(23)9-15-24(27)32-28/h1-8,10-14,17H,9,15-16,30H2,(H,32,33,34)/b14-8+. The van der Waals surface area contributed by atoms with Crippen LogP contribution >= 0.6 is 11.6 Å². The lowest BCUT2D eigenvalue weighted by Crippen LogP contribution is -2.19. The van der Waals surface area contributed by atoms with E-state index in [1.807, 2.05) is 72.8 Å². The number of nitrogens with zero attached hydrogens (tertiary/aromatic N) is 2. The van der Waals surface area contributed by atoms with Gasteiger partial charge in [0.15, 0.2) is 5.82 Å². The number of hydrogen-bond donors (Lipinski definition) is 2. The van der Waals surface area contributed by atoms with Crippen molar-refractivity contribution in [3.8, 4) is 11.3 Å². The minimum absolute atomic E-state index is 0.157. The highest BCUT2D eigenvalue weighted by Gasteiger charge is 2.22. The number of halogens is 1. The van der Waals surface area contributed by atoms with Gasteiger partial charge >= 0.3 is 0 Å². The van der Waals surface area contributed by atoms with Crippen molar-refractivity contribution < 1.29 is 4.79 Å². The molecule has 0 bridgehead atoms. The SMILES string of the molecule is Nc1ccc2c(c1)CCc1nc(NC(=O)Cc3ccc(Cl)cc3)c(/C=C/c3ccccc3)nc1-2. The van der Waals surface area contributed by atoms with Crippen LogP contribution in [0.15, 0.2) is 72.8 Å². The van der Waals surface area contributed by atoms with E-state index in [0.717, 1.165) is 46.6 Å². The summed E-state index contributed by atoms with van der Waals surface area (Å²) >= 11 is 5.96. The van der Waals surface area contributed by atoms with Crippen LogP contribution in [0.2, 0.25) is 5.02 Å². The van der Waals surface area contributed by atoms with Crippen molar-refractivity contribution in [1.82, 2.24) is 9.97 Å². The Bertz CT molecular complexity index is 1380. The van der Waals surface area contributed by atoms with E-state index >= 15 is 0 Å². The molecule has 1 aliphatic carbocycles. The van der Waals surface area contributed by atoms with Gasteiger partial charge in [0.1, 0.15) is 5.69 Å². The predicted octanol–water partition coefficient (Wildman–Crippen LogP) is 5.83. The molecule has 0 radical (unpaired) electrons. The Hall–Kier alpha value is -3.96. The van der Waals surface area contributed by atoms with Crippen molar-refractivity contribution in [1.29, 1.82) is 0 Å². The molecule has 1 heterocycles. The molecule has 4 aromatic rings. The van der Waals surface area contributed by atoms with E-state index in [1.54, 1.807) is 12.1 Å². The first kappa shape index (κ1) is 21.9. The van der Waals surface area contributed by atoms with Crippen molar-refractivity contribution in [3.05, 3.63) is 106 Å². The lowest BCUT2D eigenvalue weighted by molar-refractivity contribution is -0.115. The third kappa shape index (κ3) is 4.85. The van der Waals surface area contributed by atoms with Crippen molar-refractivity contribution in [2.75, 3.05) is 11.1 Å². The average molecular weight is 467 g/mol. The number of amides is 1. The predicted molar refractivity (Wildman–Crippen MR) is 138 cm³/mol. The molecule has 1 aliphatic rings. The normalized spacial score (nSPS) is 12.3. The molecule has 34 heavy (non-hydrogen) atoms. The Kier molecular flexibility index (Phi) is 6.11. The lowest BCUT2D eigenvalue weighted by atomic mass is 9.91. The number of aryl methyl sites for hydroxylation is 2. The Morgan fingerprint density at radius 3 is 2.56 bits per heavy atom. The van der Waals surface area contributed by atoms with E-state index in [0.29, 0.717) is 16.5 Å². The Labute approximate surface area is 203 Å². The van der Waals surface area contributed by atoms with Gasteiger partial charge < -0.3 is 11.1 Å². The molecule has 5 nitrogen and oxygen atoms in total. The average Bonchev–Trinajstić information content (AvgIpc) is 2.84. The van der Waals surface area contributed by atoms with Gasteiger partial charge in [-0.25, -0.2) is 9.97 Å². The summed E-state index contributed by atoms with van der Waals surface area (Å²) in [6.45, 7) is 0. The maximum atomic E-state index is 12.8. The van der Waals surface area contributed by atoms with Crippen molar-refractivity contribution in [2.24, 2.45) is 0 Å². The molecular weight excluding hydrogens is 444 g/mol. The summed E-state index contributed by atoms with van der Waals surface area (Å²) in [5.74, 6) is 0.304. The number of aromatic nitrogens is 2. The van der Waals surface area contributed by atoms with Gasteiger partial charge in [-0.05, 0) is 59.9 Å². The fraction of sp³-hybridized carbons (Fsp3) is 0.107. The topological polar surface area (TPSA) is 80.9 Å². The Morgan fingerprint density at radius 1 is 0.971 bits per heavy atom. The van der Waals surface area contributed by atoms with Crippen LogP contribution in [0, 0.1) is 0 Å². The van der Waals surface area contributed by atoms with E-state index in [1.165, 1.54) is 5.56 Å². The maximum Gasteiger partial charge on any atom is 0.230 e. The second-order valence-corrected chi connectivity index (χ2v) is 8.70. The minimum Gasteiger partial charge on any atom is -0.399 e. The summed E-state index contributed by atoms with van der Waals surface area (Å²) in [4.78, 5) is 22.6. The van der Waals surface area contributed by atoms with Gasteiger partial charge in [-0.2, -0.15) is 0 Å². The fourth-order valence-corrected chi connectivity index (χ4v) is 4.22. The largest absolute Gasteiger partial charge is 0.399 e. The van der Waals surface area contributed by atoms with E-state index in [2.05, 4.69) is 5.32 Å². The van der Waals surface area contributed by atoms with Crippen molar-refractivity contribution in [3.63, 3.8) is 0 Å². The highest BCUT2D eigenvalue weighted by atomic mass is 35.5. The molecule has 0 fully saturated rings. The summed E-state index contributed by atoms with van der Waals surface area (Å²) in [5, 5.41) is 3.62. The van der Waals surface area contributed by atoms with Crippen LogP contribution in [0.1, 0.15) is 28.1 Å². The maximum absolute atomic E-state index is 12.8. The second-order valence-electron chi connectivity index (χ2n) is 8.26. The first-order chi connectivity index (χ1) is 16.5. The van der Waals surface area contributed by atoms with Crippen LogP contribution in [-0.2, 0) is 24.1 Å². The molecule has 0 spiro atoms. The van der Waals surface area contributed by atoms with Crippen LogP contribution < -0.4 is 11.1 Å². The van der Waals surface area contributed by atoms with Crippen LogP contribution in [-0.4, -0.2) is 15.9 Å². The number of carbonyl (C=O) groups is 1. The number of fused-ring (bicyclic) bond motifs is 3. The first-order valence-electron chi connectivity index (χ1n) is 11.1. The molecule has 1 amide bonds. The summed E-state index contributed by atoms with van der Waals surface area (Å²) in [7, 11) is 0. The summed E-state index contributed by atoms with van der Waals surface area (Å²) < 4.78 is 0. The molecular formula is C28H23ClN4O. The van der Waals surface area contributed by atoms with Crippen LogP contribution in [0.25, 0.3) is 23.4 Å². The lowest BCUT2D eigenvalue weighted by Gasteiger charge is -2.20. The number of nitrogens with one attached hydrogen (secondary N) is 1. The molecule has 0 atom stereocenters. The summed E-state index contributed by atoms with van der Waals surface area (Å²) in [6.07, 6.45) is 5.66. The molecule has 168 valence electrons. The highest BCUT2D eigenvalue weighted by molar-refractivity contribution is 6.30. The van der Waals surface area contributed by atoms with Gasteiger partial charge in [-0.3, -0.25) is 4.79 Å². The quantitative estimate of drug-likeness (QED) is 0.362. The minimum atomic E-state index is -0.157. The molecule has 1 aromatic heterocycles. The number of nitrogens with two attached hydrogens (primary N) is 1. The van der Waals surface area contributed by atoms with Crippen LogP contribution in [0.3, 0.4) is 0 Å². The number of benzene rings is 3. The molecule has 3 N–H and O–H groups in total. The molecule has 5 rings (SSSR count). The second kappa shape index (κ2) is 9.49. The van der Waals surface area contributed by atoms with Gasteiger partial charge in [0.25, 0.3) is 0 Å². The molecule has 0 saturated heterocycles. The number of hydrogen-bond acceptors (Lipinski definition) is 4. The molecule has 0 aliphatic heterocycles. The Morgan fingerprint density at radius 2 is 1.76 bits per heavy atom. The molecule has 0 unspecified atom stereocenters. The van der Waals surface area contributed by atoms with Gasteiger partial charge in [-0.1, -0.05) is 66.2 Å². The smallest absolute Gasteiger partial charge is 0.230 e. The third-order valence-electron chi connectivity index (χ3n) is 5.78. The molecule has 0 saturated carbocycles. The first-order valence-corrected chi connectivity index (χ1v) is 11.5. The molecule has 6 heteroatoms. The van der Waals surface area contributed by atoms with Crippen LogP contribution in [0.4, 0.5) is 11.5 Å². The summed E-state index contributed by atoms with van der Waals surface area (Å²) in [5.41, 5.74) is 13.2. The van der Waals surface area contributed by atoms with Crippen molar-refractivity contribution >= 4 is 41.2 Å². The number of carbonyl (C=O) groups excluding carboxylic acids is 1. The monoisotopic (exact) mass is 466 g/mol. The van der Waals surface area contributed by atoms with Gasteiger partial charge in [0.05, 0.1) is 17.8 Å². The van der Waals surface area contributed by atoms with E-state index in [9.17, 15) is 4.79 Å². The van der Waals surface area contributed by atoms with E-state index in [4.69, 9.17) is 27.3 Å². The fourth-order valence-electron chi connectivity index (χ4n) is 4.09. The third-order valence-corrected chi connectivity index (χ3v) is 6.03. The van der Waals surface area contributed by atoms with E-state index in [-0.39, 0.29) is 12.3 Å². The Balaban J connectivity index is 1.50. The van der Waals surface area contributed by atoms with Gasteiger partial charge in [0, 0.05) is 16.3 Å². The zero-order chi connectivity index (χ0) is 23.5.